The maximum absolute atomic E-state index is 12.9. The van der Waals surface area contributed by atoms with Gasteiger partial charge >= 0.3 is 0 Å². The summed E-state index contributed by atoms with van der Waals surface area (Å²) in [5.41, 5.74) is 7.38. The van der Waals surface area contributed by atoms with Crippen molar-refractivity contribution in [2.45, 2.75) is 37.8 Å². The van der Waals surface area contributed by atoms with Crippen LogP contribution in [-0.4, -0.2) is 38.5 Å². The highest BCUT2D eigenvalue weighted by Crippen LogP contribution is 2.33. The Kier molecular flexibility index (Phi) is 5.08. The number of hydrogen-bond acceptors (Lipinski definition) is 6. The quantitative estimate of drug-likeness (QED) is 0.728. The third-order valence-corrected chi connectivity index (χ3v) is 4.30. The summed E-state index contributed by atoms with van der Waals surface area (Å²) in [6, 6.07) is 9.46. The Morgan fingerprint density at radius 3 is 2.48 bits per heavy atom. The van der Waals surface area contributed by atoms with Crippen LogP contribution >= 0.6 is 0 Å². The SMILES string of the molecule is C[C@@H]1O[C@@H](c2ccccc2)[C@@H](O)[C@H]1O.Nc1ncnc2c1C(F)=CC2. The number of halogens is 1. The van der Waals surface area contributed by atoms with E-state index >= 15 is 0 Å². The van der Waals surface area contributed by atoms with Crippen LogP contribution in [-0.2, 0) is 11.2 Å². The first-order chi connectivity index (χ1) is 12.0. The van der Waals surface area contributed by atoms with E-state index in [-0.39, 0.29) is 17.7 Å². The number of allylic oxidation sites excluding steroid dienone is 1. The maximum atomic E-state index is 12.9. The summed E-state index contributed by atoms with van der Waals surface area (Å²) in [6.07, 6.45) is 0.994. The molecule has 0 saturated carbocycles. The first kappa shape index (κ1) is 17.5. The van der Waals surface area contributed by atoms with E-state index in [0.29, 0.717) is 17.7 Å². The van der Waals surface area contributed by atoms with E-state index in [4.69, 9.17) is 10.5 Å². The normalized spacial score (nSPS) is 27.3. The lowest BCUT2D eigenvalue weighted by atomic mass is 10.0. The molecule has 7 heteroatoms. The molecule has 0 amide bonds. The zero-order valence-corrected chi connectivity index (χ0v) is 13.7. The summed E-state index contributed by atoms with van der Waals surface area (Å²) >= 11 is 0. The van der Waals surface area contributed by atoms with Crippen LogP contribution < -0.4 is 5.73 Å². The number of ether oxygens (including phenoxy) is 1. The highest BCUT2D eigenvalue weighted by atomic mass is 19.1. The first-order valence-corrected chi connectivity index (χ1v) is 8.01. The van der Waals surface area contributed by atoms with Gasteiger partial charge in [0.2, 0.25) is 0 Å². The smallest absolute Gasteiger partial charge is 0.137 e. The molecule has 2 heterocycles. The molecular formula is C18H20FN3O3. The second-order valence-electron chi connectivity index (χ2n) is 5.99. The van der Waals surface area contributed by atoms with Gasteiger partial charge in [-0.15, -0.1) is 0 Å². The number of nitrogens with zero attached hydrogens (tertiary/aromatic N) is 2. The Balaban J connectivity index is 0.000000150. The largest absolute Gasteiger partial charge is 0.388 e. The molecule has 0 bridgehead atoms. The number of aromatic nitrogens is 2. The lowest BCUT2D eigenvalue weighted by Crippen LogP contribution is -2.28. The summed E-state index contributed by atoms with van der Waals surface area (Å²) in [5.74, 6) is -0.0839. The molecule has 1 aliphatic carbocycles. The van der Waals surface area contributed by atoms with Crippen LogP contribution in [0, 0.1) is 0 Å². The molecule has 132 valence electrons. The van der Waals surface area contributed by atoms with Gasteiger partial charge < -0.3 is 20.7 Å². The van der Waals surface area contributed by atoms with Crippen molar-refractivity contribution in [3.8, 4) is 0 Å². The van der Waals surface area contributed by atoms with Crippen molar-refractivity contribution in [1.29, 1.82) is 0 Å². The minimum atomic E-state index is -0.826. The second kappa shape index (κ2) is 7.26. The van der Waals surface area contributed by atoms with Gasteiger partial charge in [-0.3, -0.25) is 0 Å². The van der Waals surface area contributed by atoms with Gasteiger partial charge in [0.1, 0.15) is 36.3 Å². The Morgan fingerprint density at radius 1 is 1.16 bits per heavy atom. The molecule has 2 aliphatic rings. The molecule has 2 aromatic rings. The van der Waals surface area contributed by atoms with Gasteiger partial charge in [0.05, 0.1) is 17.4 Å². The average molecular weight is 345 g/mol. The predicted octanol–water partition coefficient (Wildman–Crippen LogP) is 1.79. The average Bonchev–Trinajstić information content (AvgIpc) is 3.13. The molecule has 1 aromatic heterocycles. The summed E-state index contributed by atoms with van der Waals surface area (Å²) in [5, 5.41) is 19.2. The summed E-state index contributed by atoms with van der Waals surface area (Å²) in [7, 11) is 0. The van der Waals surface area contributed by atoms with Crippen LogP contribution in [0.5, 0.6) is 0 Å². The molecule has 25 heavy (non-hydrogen) atoms. The van der Waals surface area contributed by atoms with E-state index in [9.17, 15) is 14.6 Å². The summed E-state index contributed by atoms with van der Waals surface area (Å²) < 4.78 is 18.4. The van der Waals surface area contributed by atoms with Gasteiger partial charge in [0.25, 0.3) is 0 Å². The van der Waals surface area contributed by atoms with Crippen LogP contribution in [0.1, 0.15) is 29.8 Å². The Morgan fingerprint density at radius 2 is 1.88 bits per heavy atom. The van der Waals surface area contributed by atoms with E-state index in [0.717, 1.165) is 5.56 Å². The molecule has 4 rings (SSSR count). The third kappa shape index (κ3) is 3.53. The molecule has 6 nitrogen and oxygen atoms in total. The topological polar surface area (TPSA) is 101 Å². The zero-order chi connectivity index (χ0) is 18.0. The Labute approximate surface area is 144 Å². The van der Waals surface area contributed by atoms with E-state index < -0.39 is 18.3 Å². The molecule has 0 spiro atoms. The Hall–Kier alpha value is -2.35. The highest BCUT2D eigenvalue weighted by Gasteiger charge is 2.40. The molecule has 1 aromatic carbocycles. The molecule has 1 saturated heterocycles. The van der Waals surface area contributed by atoms with Crippen LogP contribution in [0.15, 0.2) is 42.7 Å². The van der Waals surface area contributed by atoms with Crippen molar-refractivity contribution in [2.75, 3.05) is 5.73 Å². The van der Waals surface area contributed by atoms with Crippen molar-refractivity contribution < 1.29 is 19.3 Å². The number of rotatable bonds is 1. The highest BCUT2D eigenvalue weighted by molar-refractivity contribution is 5.73. The molecule has 0 radical (unpaired) electrons. The molecule has 1 fully saturated rings. The van der Waals surface area contributed by atoms with Crippen LogP contribution in [0.3, 0.4) is 0 Å². The lowest BCUT2D eigenvalue weighted by Gasteiger charge is -2.14. The van der Waals surface area contributed by atoms with Crippen molar-refractivity contribution in [3.05, 3.63) is 59.6 Å². The molecule has 4 N–H and O–H groups in total. The lowest BCUT2D eigenvalue weighted by molar-refractivity contribution is 0.0151. The zero-order valence-electron chi connectivity index (χ0n) is 13.7. The number of fused-ring (bicyclic) bond motifs is 1. The van der Waals surface area contributed by atoms with E-state index in [1.807, 2.05) is 30.3 Å². The first-order valence-electron chi connectivity index (χ1n) is 8.01. The van der Waals surface area contributed by atoms with Gasteiger partial charge in [-0.25, -0.2) is 14.4 Å². The van der Waals surface area contributed by atoms with Crippen LogP contribution in [0.4, 0.5) is 10.2 Å². The maximum Gasteiger partial charge on any atom is 0.137 e. The molecule has 0 unspecified atom stereocenters. The monoisotopic (exact) mass is 345 g/mol. The van der Waals surface area contributed by atoms with Gasteiger partial charge in [-0.2, -0.15) is 0 Å². The van der Waals surface area contributed by atoms with Crippen LogP contribution in [0.25, 0.3) is 5.83 Å². The van der Waals surface area contributed by atoms with Crippen molar-refractivity contribution >= 4 is 11.6 Å². The van der Waals surface area contributed by atoms with Gasteiger partial charge in [-0.05, 0) is 18.6 Å². The Bertz CT molecular complexity index is 769. The van der Waals surface area contributed by atoms with Crippen molar-refractivity contribution in [1.82, 2.24) is 9.97 Å². The predicted molar refractivity (Wildman–Crippen MR) is 91.0 cm³/mol. The fourth-order valence-corrected chi connectivity index (χ4v) is 2.91. The van der Waals surface area contributed by atoms with Gasteiger partial charge in [-0.1, -0.05) is 30.3 Å². The number of anilines is 1. The summed E-state index contributed by atoms with van der Waals surface area (Å²) in [4.78, 5) is 7.57. The molecule has 4 atom stereocenters. The second-order valence-corrected chi connectivity index (χ2v) is 5.99. The number of aliphatic hydroxyl groups is 2. The number of nitrogens with two attached hydrogens (primary N) is 1. The molecule has 1 aliphatic heterocycles. The minimum absolute atomic E-state index is 0.223. The van der Waals surface area contributed by atoms with Gasteiger partial charge in [0, 0.05) is 6.42 Å². The van der Waals surface area contributed by atoms with Crippen molar-refractivity contribution in [3.63, 3.8) is 0 Å². The minimum Gasteiger partial charge on any atom is -0.388 e. The fourth-order valence-electron chi connectivity index (χ4n) is 2.91. The number of benzene rings is 1. The van der Waals surface area contributed by atoms with E-state index in [2.05, 4.69) is 9.97 Å². The van der Waals surface area contributed by atoms with E-state index in [1.165, 1.54) is 12.4 Å². The summed E-state index contributed by atoms with van der Waals surface area (Å²) in [6.45, 7) is 1.76. The van der Waals surface area contributed by atoms with Crippen molar-refractivity contribution in [2.24, 2.45) is 0 Å². The standard InChI is InChI=1S/C11H14O3.C7H6FN3/c1-7-9(12)10(13)11(14-7)8-5-3-2-4-6-8;8-4-1-2-5-6(4)7(9)11-3-10-5/h2-7,9-13H,1H3;1,3H,2H2,(H2,9,10,11)/t7-,9-,10-,11-;/m0./s1. The van der Waals surface area contributed by atoms with Gasteiger partial charge in [0.15, 0.2) is 0 Å². The number of nitrogen functional groups attached to an aromatic ring is 1. The number of aliphatic hydroxyl groups excluding tert-OH is 2. The third-order valence-electron chi connectivity index (χ3n) is 4.30. The van der Waals surface area contributed by atoms with E-state index in [1.54, 1.807) is 6.92 Å². The fraction of sp³-hybridized carbons (Fsp3) is 0.333. The van der Waals surface area contributed by atoms with Crippen LogP contribution in [0.2, 0.25) is 0 Å². The number of hydrogen-bond donors (Lipinski definition) is 3. The molecular weight excluding hydrogens is 325 g/mol.